The number of amides is 2. The van der Waals surface area contributed by atoms with Gasteiger partial charge in [0.2, 0.25) is 0 Å². The fourth-order valence-electron chi connectivity index (χ4n) is 2.96. The van der Waals surface area contributed by atoms with Crippen molar-refractivity contribution in [1.82, 2.24) is 10.2 Å². The van der Waals surface area contributed by atoms with Crippen LogP contribution in [0.4, 0.5) is 0 Å². The molecule has 17 heavy (non-hydrogen) atoms. The van der Waals surface area contributed by atoms with E-state index in [0.29, 0.717) is 24.4 Å². The molecule has 3 N–H and O–H groups in total. The molecule has 0 aliphatic carbocycles. The molecule has 3 fully saturated rings. The number of carbonyl (C=O) groups excluding carboxylic acids is 2. The lowest BCUT2D eigenvalue weighted by atomic mass is 9.75. The molecular weight excluding hydrogens is 218 g/mol. The molecule has 5 heteroatoms. The van der Waals surface area contributed by atoms with Crippen LogP contribution < -0.4 is 11.1 Å². The quantitative estimate of drug-likeness (QED) is 0.512. The third-order valence-electron chi connectivity index (χ3n) is 3.95. The van der Waals surface area contributed by atoms with E-state index in [1.165, 1.54) is 6.42 Å². The summed E-state index contributed by atoms with van der Waals surface area (Å²) in [6.07, 6.45) is 4.31. The summed E-state index contributed by atoms with van der Waals surface area (Å²) in [5, 5.41) is 2.59. The van der Waals surface area contributed by atoms with E-state index < -0.39 is 11.8 Å². The van der Waals surface area contributed by atoms with Crippen molar-refractivity contribution in [3.05, 3.63) is 12.7 Å². The second kappa shape index (κ2) is 4.87. The summed E-state index contributed by atoms with van der Waals surface area (Å²) in [6.45, 7) is 6.48. The molecule has 0 aromatic rings. The molecule has 0 aromatic heterocycles. The minimum Gasteiger partial charge on any atom is -0.361 e. The molecule has 0 radical (unpaired) electrons. The van der Waals surface area contributed by atoms with E-state index in [1.54, 1.807) is 0 Å². The Kier molecular flexibility index (Phi) is 3.47. The summed E-state index contributed by atoms with van der Waals surface area (Å²) in [6, 6.07) is 0.341. The van der Waals surface area contributed by atoms with Crippen LogP contribution in [-0.2, 0) is 9.59 Å². The van der Waals surface area contributed by atoms with Gasteiger partial charge in [0.05, 0.1) is 0 Å². The van der Waals surface area contributed by atoms with Crippen LogP contribution in [0.5, 0.6) is 0 Å². The molecule has 2 amide bonds. The highest BCUT2D eigenvalue weighted by Gasteiger charge is 2.38. The molecule has 1 unspecified atom stereocenters. The number of rotatable bonds is 3. The average molecular weight is 237 g/mol. The number of carbonyl (C=O) groups is 2. The predicted molar refractivity (Wildman–Crippen MR) is 64.0 cm³/mol. The van der Waals surface area contributed by atoms with Crippen LogP contribution in [0.3, 0.4) is 0 Å². The van der Waals surface area contributed by atoms with Gasteiger partial charge in [0.1, 0.15) is 0 Å². The molecule has 5 nitrogen and oxygen atoms in total. The number of hydrogen-bond acceptors (Lipinski definition) is 3. The van der Waals surface area contributed by atoms with E-state index in [1.807, 2.05) is 6.08 Å². The van der Waals surface area contributed by atoms with Gasteiger partial charge < -0.3 is 11.1 Å². The molecule has 3 saturated heterocycles. The summed E-state index contributed by atoms with van der Waals surface area (Å²) in [5.74, 6) is -0.349. The first-order chi connectivity index (χ1) is 8.11. The molecular formula is C12H19N3O2. The Labute approximate surface area is 101 Å². The second-order valence-corrected chi connectivity index (χ2v) is 4.91. The first-order valence-electron chi connectivity index (χ1n) is 6.06. The van der Waals surface area contributed by atoms with Crippen LogP contribution in [-0.4, -0.2) is 42.4 Å². The van der Waals surface area contributed by atoms with Crippen molar-refractivity contribution in [2.45, 2.75) is 18.9 Å². The zero-order valence-corrected chi connectivity index (χ0v) is 9.89. The van der Waals surface area contributed by atoms with E-state index in [-0.39, 0.29) is 0 Å². The van der Waals surface area contributed by atoms with Crippen LogP contribution in [0.15, 0.2) is 12.7 Å². The Morgan fingerprint density at radius 1 is 1.53 bits per heavy atom. The Bertz CT molecular complexity index is 343. The normalized spacial score (nSPS) is 35.3. The Morgan fingerprint density at radius 3 is 2.82 bits per heavy atom. The second-order valence-electron chi connectivity index (χ2n) is 4.91. The molecule has 3 rings (SSSR count). The predicted octanol–water partition coefficient (Wildman–Crippen LogP) is -0.516. The van der Waals surface area contributed by atoms with E-state index in [4.69, 9.17) is 5.73 Å². The molecule has 3 aliphatic rings. The molecule has 3 heterocycles. The fraction of sp³-hybridized carbons (Fsp3) is 0.667. The van der Waals surface area contributed by atoms with Gasteiger partial charge in [-0.3, -0.25) is 14.5 Å². The lowest BCUT2D eigenvalue weighted by Crippen LogP contribution is -2.56. The summed E-state index contributed by atoms with van der Waals surface area (Å²) < 4.78 is 0. The van der Waals surface area contributed by atoms with Gasteiger partial charge in [-0.25, -0.2) is 0 Å². The molecule has 0 saturated carbocycles. The van der Waals surface area contributed by atoms with E-state index >= 15 is 0 Å². The zero-order chi connectivity index (χ0) is 12.4. The van der Waals surface area contributed by atoms with Gasteiger partial charge >= 0.3 is 11.8 Å². The summed E-state index contributed by atoms with van der Waals surface area (Å²) >= 11 is 0. The van der Waals surface area contributed by atoms with Gasteiger partial charge in [-0.05, 0) is 31.2 Å². The van der Waals surface area contributed by atoms with Crippen LogP contribution in [0.1, 0.15) is 12.8 Å². The molecule has 4 atom stereocenters. The smallest absolute Gasteiger partial charge is 0.309 e. The molecule has 94 valence electrons. The van der Waals surface area contributed by atoms with Gasteiger partial charge in [-0.1, -0.05) is 6.08 Å². The standard InChI is InChI=1S/C12H19N3O2/c1-2-8-7-15-4-3-9(8)5-10(15)6-14-12(17)11(13)16/h2,8-10H,1,3-7H2,(H2,13,16)(H,14,17)/t8-,9-,10+/m0/s1. The molecule has 0 spiro atoms. The average Bonchev–Trinajstić information content (AvgIpc) is 2.36. The van der Waals surface area contributed by atoms with Crippen molar-refractivity contribution in [3.63, 3.8) is 0 Å². The van der Waals surface area contributed by atoms with E-state index in [0.717, 1.165) is 19.5 Å². The fourth-order valence-corrected chi connectivity index (χ4v) is 2.96. The van der Waals surface area contributed by atoms with Crippen molar-refractivity contribution < 1.29 is 9.59 Å². The lowest BCUT2D eigenvalue weighted by molar-refractivity contribution is -0.137. The summed E-state index contributed by atoms with van der Waals surface area (Å²) in [4.78, 5) is 24.1. The van der Waals surface area contributed by atoms with Crippen LogP contribution in [0.2, 0.25) is 0 Å². The number of nitrogens with one attached hydrogen (secondary N) is 1. The minimum atomic E-state index is -0.912. The topological polar surface area (TPSA) is 75.4 Å². The maximum absolute atomic E-state index is 11.1. The van der Waals surface area contributed by atoms with Crippen molar-refractivity contribution in [1.29, 1.82) is 0 Å². The summed E-state index contributed by atoms with van der Waals surface area (Å²) in [5.41, 5.74) is 4.89. The first-order valence-corrected chi connectivity index (χ1v) is 6.06. The van der Waals surface area contributed by atoms with Crippen molar-refractivity contribution >= 4 is 11.8 Å². The van der Waals surface area contributed by atoms with Crippen molar-refractivity contribution in [2.75, 3.05) is 19.6 Å². The maximum atomic E-state index is 11.1. The van der Waals surface area contributed by atoms with Crippen LogP contribution in [0, 0.1) is 11.8 Å². The molecule has 2 bridgehead atoms. The Balaban J connectivity index is 1.86. The van der Waals surface area contributed by atoms with Gasteiger partial charge in [0.15, 0.2) is 0 Å². The van der Waals surface area contributed by atoms with Gasteiger partial charge in [0, 0.05) is 19.1 Å². The van der Waals surface area contributed by atoms with Crippen molar-refractivity contribution in [2.24, 2.45) is 17.6 Å². The Morgan fingerprint density at radius 2 is 2.29 bits per heavy atom. The zero-order valence-electron chi connectivity index (χ0n) is 9.89. The highest BCUT2D eigenvalue weighted by molar-refractivity contribution is 6.34. The minimum absolute atomic E-state index is 0.341. The molecule has 3 aliphatic heterocycles. The highest BCUT2D eigenvalue weighted by Crippen LogP contribution is 2.36. The number of fused-ring (bicyclic) bond motifs is 3. The first kappa shape index (κ1) is 12.1. The van der Waals surface area contributed by atoms with Gasteiger partial charge in [0.25, 0.3) is 0 Å². The number of piperidine rings is 3. The SMILES string of the molecule is C=C[C@H]1CN2CC[C@H]1C[C@@H]2CNC(=O)C(N)=O. The van der Waals surface area contributed by atoms with Gasteiger partial charge in [-0.2, -0.15) is 0 Å². The third-order valence-corrected chi connectivity index (χ3v) is 3.95. The van der Waals surface area contributed by atoms with Crippen molar-refractivity contribution in [3.8, 4) is 0 Å². The molecule has 0 aromatic carbocycles. The van der Waals surface area contributed by atoms with E-state index in [2.05, 4.69) is 16.8 Å². The number of primary amides is 1. The number of nitrogens with two attached hydrogens (primary N) is 1. The number of nitrogens with zero attached hydrogens (tertiary/aromatic N) is 1. The number of hydrogen-bond donors (Lipinski definition) is 2. The lowest BCUT2D eigenvalue weighted by Gasteiger charge is -2.49. The monoisotopic (exact) mass is 237 g/mol. The third kappa shape index (κ3) is 2.49. The van der Waals surface area contributed by atoms with E-state index in [9.17, 15) is 9.59 Å². The summed E-state index contributed by atoms with van der Waals surface area (Å²) in [7, 11) is 0. The van der Waals surface area contributed by atoms with Gasteiger partial charge in [-0.15, -0.1) is 6.58 Å². The van der Waals surface area contributed by atoms with Crippen LogP contribution >= 0.6 is 0 Å². The van der Waals surface area contributed by atoms with Crippen LogP contribution in [0.25, 0.3) is 0 Å². The highest BCUT2D eigenvalue weighted by atomic mass is 16.2. The Hall–Kier alpha value is -1.36. The maximum Gasteiger partial charge on any atom is 0.309 e. The largest absolute Gasteiger partial charge is 0.361 e.